The van der Waals surface area contributed by atoms with E-state index in [1.165, 1.54) is 11.1 Å². The average Bonchev–Trinajstić information content (AvgIpc) is 3.45. The van der Waals surface area contributed by atoms with Crippen molar-refractivity contribution in [2.45, 2.75) is 176 Å². The molecule has 4 fully saturated rings. The minimum atomic E-state index is -1.59. The Hall–Kier alpha value is -1.79. The summed E-state index contributed by atoms with van der Waals surface area (Å²) in [7, 11) is 0. The van der Waals surface area contributed by atoms with Crippen LogP contribution in [0.5, 0.6) is 0 Å². The molecule has 18 atom stereocenters. The monoisotopic (exact) mass is 801 g/mol. The Balaban J connectivity index is 1.37. The van der Waals surface area contributed by atoms with Crippen LogP contribution in [-0.2, 0) is 28.4 Å². The standard InChI is InChI=1S/C38H67N5O13/c1-18(2)7-5-8-19(3)9-6-10-20(4)11-12-43-16-25-30(47)23(45)14-27(51-25)54-34-22(41)13-21(40)29(46)36(34)56-38-33(50)35(26(17-44)53-38)55-37-28(42)32(49)31(48)24(15-39)52-37/h7,9,11-12,21-38,44-50H,5-6,8,10,13-17,39-42H2,1-4H3/b19-9+,20-11+,43-12-. The Labute approximate surface area is 329 Å². The zero-order valence-corrected chi connectivity index (χ0v) is 32.9. The van der Waals surface area contributed by atoms with E-state index in [0.29, 0.717) is 0 Å². The Bertz CT molecular complexity index is 1330. The molecule has 15 N–H and O–H groups in total. The Kier molecular flexibility index (Phi) is 18.4. The van der Waals surface area contributed by atoms with Crippen molar-refractivity contribution in [3.8, 4) is 0 Å². The molecular formula is C38H67N5O13. The van der Waals surface area contributed by atoms with Crippen LogP contribution in [0, 0.1) is 0 Å². The fourth-order valence-corrected chi connectivity index (χ4v) is 7.31. The summed E-state index contributed by atoms with van der Waals surface area (Å²) in [6, 6.07) is -2.90. The van der Waals surface area contributed by atoms with Crippen LogP contribution in [0.3, 0.4) is 0 Å². The number of allylic oxidation sites excluding steroid dienone is 6. The molecule has 0 radical (unpaired) electrons. The van der Waals surface area contributed by atoms with E-state index in [9.17, 15) is 35.7 Å². The number of hydrogen-bond acceptors (Lipinski definition) is 18. The summed E-state index contributed by atoms with van der Waals surface area (Å²) >= 11 is 0. The van der Waals surface area contributed by atoms with Crippen LogP contribution in [0.25, 0.3) is 0 Å². The minimum Gasteiger partial charge on any atom is -0.394 e. The molecule has 1 aliphatic carbocycles. The third-order valence-electron chi connectivity index (χ3n) is 10.8. The molecule has 4 rings (SSSR count). The summed E-state index contributed by atoms with van der Waals surface area (Å²) in [5, 5.41) is 74.7. The maximum absolute atomic E-state index is 11.3. The molecule has 0 spiro atoms. The van der Waals surface area contributed by atoms with Crippen LogP contribution in [0.15, 0.2) is 39.9 Å². The highest BCUT2D eigenvalue weighted by Crippen LogP contribution is 2.34. The Morgan fingerprint density at radius 3 is 2.02 bits per heavy atom. The van der Waals surface area contributed by atoms with Crippen LogP contribution in [0.1, 0.15) is 66.2 Å². The second-order valence-corrected chi connectivity index (χ2v) is 15.7. The van der Waals surface area contributed by atoms with Crippen LogP contribution in [0.4, 0.5) is 0 Å². The van der Waals surface area contributed by atoms with Gasteiger partial charge < -0.3 is 87.1 Å². The lowest BCUT2D eigenvalue weighted by molar-refractivity contribution is -0.302. The van der Waals surface area contributed by atoms with Crippen molar-refractivity contribution >= 4 is 6.21 Å². The first-order valence-electron chi connectivity index (χ1n) is 19.6. The van der Waals surface area contributed by atoms with E-state index in [2.05, 4.69) is 37.9 Å². The molecule has 18 unspecified atom stereocenters. The molecule has 18 heteroatoms. The van der Waals surface area contributed by atoms with Crippen LogP contribution >= 0.6 is 0 Å². The number of aliphatic hydroxyl groups is 7. The van der Waals surface area contributed by atoms with Crippen LogP contribution < -0.4 is 22.9 Å². The van der Waals surface area contributed by atoms with E-state index in [0.717, 1.165) is 31.3 Å². The average molecular weight is 802 g/mol. The maximum Gasteiger partial charge on any atom is 0.187 e. The van der Waals surface area contributed by atoms with Gasteiger partial charge in [0.15, 0.2) is 18.9 Å². The lowest BCUT2D eigenvalue weighted by Gasteiger charge is -2.45. The number of aliphatic hydroxyl groups excluding tert-OH is 7. The first kappa shape index (κ1) is 46.9. The molecule has 0 aromatic heterocycles. The molecule has 3 heterocycles. The summed E-state index contributed by atoms with van der Waals surface area (Å²) < 4.78 is 35.7. The zero-order chi connectivity index (χ0) is 41.3. The lowest BCUT2D eigenvalue weighted by atomic mass is 9.84. The van der Waals surface area contributed by atoms with Crippen molar-refractivity contribution in [3.63, 3.8) is 0 Å². The summed E-state index contributed by atoms with van der Waals surface area (Å²) in [6.45, 7) is 7.59. The number of nitrogens with two attached hydrogens (primary N) is 4. The third kappa shape index (κ3) is 12.4. The van der Waals surface area contributed by atoms with Gasteiger partial charge in [0.25, 0.3) is 0 Å². The Morgan fingerprint density at radius 1 is 0.679 bits per heavy atom. The first-order valence-corrected chi connectivity index (χ1v) is 19.6. The van der Waals surface area contributed by atoms with Gasteiger partial charge in [-0.3, -0.25) is 4.99 Å². The van der Waals surface area contributed by atoms with Crippen molar-refractivity contribution in [2.24, 2.45) is 27.9 Å². The molecule has 322 valence electrons. The van der Waals surface area contributed by atoms with E-state index in [1.807, 2.05) is 13.0 Å². The molecule has 18 nitrogen and oxygen atoms in total. The second kappa shape index (κ2) is 22.0. The zero-order valence-electron chi connectivity index (χ0n) is 32.9. The van der Waals surface area contributed by atoms with Gasteiger partial charge in [0.2, 0.25) is 0 Å². The molecule has 0 aromatic rings. The predicted octanol–water partition coefficient (Wildman–Crippen LogP) is -2.30. The van der Waals surface area contributed by atoms with Gasteiger partial charge in [0, 0.05) is 31.3 Å². The van der Waals surface area contributed by atoms with E-state index >= 15 is 0 Å². The molecule has 0 aromatic carbocycles. The lowest BCUT2D eigenvalue weighted by Crippen LogP contribution is -2.65. The number of nitrogens with zero attached hydrogens (tertiary/aromatic N) is 1. The molecule has 0 amide bonds. The van der Waals surface area contributed by atoms with Crippen molar-refractivity contribution in [1.29, 1.82) is 0 Å². The number of rotatable bonds is 17. The number of ether oxygens (including phenoxy) is 6. The molecule has 4 aliphatic rings. The highest BCUT2D eigenvalue weighted by molar-refractivity contribution is 5.72. The van der Waals surface area contributed by atoms with E-state index < -0.39 is 117 Å². The smallest absolute Gasteiger partial charge is 0.187 e. The molecule has 3 saturated heterocycles. The van der Waals surface area contributed by atoms with Crippen molar-refractivity contribution in [1.82, 2.24) is 0 Å². The van der Waals surface area contributed by atoms with Gasteiger partial charge in [-0.15, -0.1) is 0 Å². The highest BCUT2D eigenvalue weighted by Gasteiger charge is 2.53. The summed E-state index contributed by atoms with van der Waals surface area (Å²) in [6.07, 6.45) is -7.14. The van der Waals surface area contributed by atoms with Crippen molar-refractivity contribution in [2.75, 3.05) is 19.7 Å². The van der Waals surface area contributed by atoms with Gasteiger partial charge in [-0.1, -0.05) is 28.9 Å². The first-order chi connectivity index (χ1) is 26.6. The van der Waals surface area contributed by atoms with Crippen molar-refractivity contribution < 1.29 is 64.2 Å². The van der Waals surface area contributed by atoms with Gasteiger partial charge >= 0.3 is 0 Å². The molecule has 3 aliphatic heterocycles. The predicted molar refractivity (Wildman–Crippen MR) is 205 cm³/mol. The molecular weight excluding hydrogens is 734 g/mol. The topological polar surface area (TPSA) is 313 Å². The van der Waals surface area contributed by atoms with E-state index in [4.69, 9.17) is 51.4 Å². The van der Waals surface area contributed by atoms with Crippen LogP contribution in [0.2, 0.25) is 0 Å². The fourth-order valence-electron chi connectivity index (χ4n) is 7.31. The van der Waals surface area contributed by atoms with Gasteiger partial charge in [-0.05, 0) is 65.9 Å². The summed E-state index contributed by atoms with van der Waals surface area (Å²) in [4.78, 5) is 4.41. The molecule has 56 heavy (non-hydrogen) atoms. The number of hydrogen-bond donors (Lipinski definition) is 11. The SMILES string of the molecule is CC(C)=CCC/C(C)=C/CC/C(C)=C/C=N\CC1OC(OC2C(N)CC(N)C(O)C2OC2OC(CO)C(OC3OC(CN)C(O)C(O)C3N)C2O)CC(O)C1O. The van der Waals surface area contributed by atoms with Gasteiger partial charge in [0.05, 0.1) is 31.4 Å². The van der Waals surface area contributed by atoms with Crippen molar-refractivity contribution in [3.05, 3.63) is 34.9 Å². The largest absolute Gasteiger partial charge is 0.394 e. The minimum absolute atomic E-state index is 0.0256. The molecule has 1 saturated carbocycles. The van der Waals surface area contributed by atoms with E-state index in [-0.39, 0.29) is 25.9 Å². The molecule has 0 bridgehead atoms. The fraction of sp³-hybridized carbons (Fsp3) is 0.816. The maximum atomic E-state index is 11.3. The summed E-state index contributed by atoms with van der Waals surface area (Å²) in [5.41, 5.74) is 28.2. The summed E-state index contributed by atoms with van der Waals surface area (Å²) in [5.74, 6) is 0. The van der Waals surface area contributed by atoms with Gasteiger partial charge in [-0.25, -0.2) is 0 Å². The normalized spacial score (nSPS) is 42.7. The third-order valence-corrected chi connectivity index (χ3v) is 10.8. The van der Waals surface area contributed by atoms with Gasteiger partial charge in [-0.2, -0.15) is 0 Å². The quantitative estimate of drug-likeness (QED) is 0.0544. The second-order valence-electron chi connectivity index (χ2n) is 15.7. The number of aliphatic imine (C=N–C) groups is 1. The van der Waals surface area contributed by atoms with Crippen LogP contribution in [-0.4, -0.2) is 172 Å². The van der Waals surface area contributed by atoms with Gasteiger partial charge in [0.1, 0.15) is 61.0 Å². The Morgan fingerprint density at radius 2 is 1.34 bits per heavy atom. The van der Waals surface area contributed by atoms with E-state index in [1.54, 1.807) is 6.21 Å². The highest BCUT2D eigenvalue weighted by atomic mass is 16.8.